The first-order valence-electron chi connectivity index (χ1n) is 3.28. The fourth-order valence-corrected chi connectivity index (χ4v) is 0.778. The molecule has 0 saturated carbocycles. The van der Waals surface area contributed by atoms with E-state index < -0.39 is 0 Å². The number of aryl methyl sites for hydroxylation is 2. The number of hydrogen-bond donors (Lipinski definition) is 0. The van der Waals surface area contributed by atoms with Crippen LogP contribution in [0.2, 0.25) is 0 Å². The van der Waals surface area contributed by atoms with E-state index in [4.69, 9.17) is 0 Å². The Morgan fingerprint density at radius 1 is 1.70 bits per heavy atom. The monoisotopic (exact) mass is 138 g/mol. The van der Waals surface area contributed by atoms with E-state index in [-0.39, 0.29) is 5.56 Å². The molecule has 0 saturated heterocycles. The minimum atomic E-state index is 0.00463. The fourth-order valence-electron chi connectivity index (χ4n) is 0.778. The summed E-state index contributed by atoms with van der Waals surface area (Å²) in [6, 6.07) is 1.72. The zero-order chi connectivity index (χ0) is 7.56. The number of aromatic nitrogens is 2. The lowest BCUT2D eigenvalue weighted by atomic mass is 10.3. The van der Waals surface area contributed by atoms with Crippen LogP contribution in [0, 0.1) is 6.92 Å². The molecule has 3 nitrogen and oxygen atoms in total. The van der Waals surface area contributed by atoms with E-state index >= 15 is 0 Å². The molecule has 0 amide bonds. The molecule has 0 aliphatic heterocycles. The van der Waals surface area contributed by atoms with Crippen LogP contribution in [0.1, 0.15) is 12.5 Å². The Morgan fingerprint density at radius 2 is 2.40 bits per heavy atom. The van der Waals surface area contributed by atoms with Gasteiger partial charge in [-0.15, -0.1) is 0 Å². The third kappa shape index (κ3) is 1.07. The van der Waals surface area contributed by atoms with Gasteiger partial charge in [-0.05, 0) is 19.9 Å². The van der Waals surface area contributed by atoms with E-state index in [2.05, 4.69) is 5.10 Å². The molecule has 0 aromatic carbocycles. The molecule has 1 rings (SSSR count). The third-order valence-corrected chi connectivity index (χ3v) is 1.40. The highest BCUT2D eigenvalue weighted by Gasteiger charge is 1.94. The van der Waals surface area contributed by atoms with Crippen molar-refractivity contribution in [1.29, 1.82) is 0 Å². The summed E-state index contributed by atoms with van der Waals surface area (Å²) in [4.78, 5) is 11.1. The van der Waals surface area contributed by atoms with E-state index in [0.29, 0.717) is 6.54 Å². The highest BCUT2D eigenvalue weighted by molar-refractivity contribution is 5.02. The van der Waals surface area contributed by atoms with Gasteiger partial charge in [0.05, 0.1) is 0 Å². The lowest BCUT2D eigenvalue weighted by Crippen LogP contribution is -2.23. The maximum absolute atomic E-state index is 11.1. The van der Waals surface area contributed by atoms with Crippen LogP contribution < -0.4 is 5.56 Å². The molecule has 0 fully saturated rings. The molecule has 0 bridgehead atoms. The second-order valence-electron chi connectivity index (χ2n) is 2.14. The van der Waals surface area contributed by atoms with Crippen LogP contribution in [0.15, 0.2) is 17.1 Å². The lowest BCUT2D eigenvalue weighted by Gasteiger charge is -1.98. The molecule has 1 aromatic rings. The van der Waals surface area contributed by atoms with Crippen LogP contribution in [0.25, 0.3) is 0 Å². The van der Waals surface area contributed by atoms with Crippen LogP contribution in [0.3, 0.4) is 0 Å². The molecule has 0 radical (unpaired) electrons. The highest BCUT2D eigenvalue weighted by Crippen LogP contribution is 1.83. The lowest BCUT2D eigenvalue weighted by molar-refractivity contribution is 0.611. The Hall–Kier alpha value is -1.12. The summed E-state index contributed by atoms with van der Waals surface area (Å²) < 4.78 is 1.44. The Labute approximate surface area is 59.3 Å². The van der Waals surface area contributed by atoms with Crippen LogP contribution in [-0.2, 0) is 6.54 Å². The van der Waals surface area contributed by atoms with E-state index in [1.807, 2.05) is 6.92 Å². The van der Waals surface area contributed by atoms with Gasteiger partial charge in [-0.3, -0.25) is 4.79 Å². The van der Waals surface area contributed by atoms with Crippen molar-refractivity contribution in [2.45, 2.75) is 20.4 Å². The first kappa shape index (κ1) is 6.99. The molecule has 0 atom stereocenters. The Bertz CT molecular complexity index is 277. The zero-order valence-corrected chi connectivity index (χ0v) is 6.16. The topological polar surface area (TPSA) is 34.9 Å². The molecule has 0 aliphatic carbocycles. The van der Waals surface area contributed by atoms with E-state index in [1.165, 1.54) is 4.68 Å². The Kier molecular flexibility index (Phi) is 1.85. The maximum Gasteiger partial charge on any atom is 0.269 e. The minimum Gasteiger partial charge on any atom is -0.268 e. The SMILES string of the molecule is CCn1nccc(C)c1=O. The van der Waals surface area contributed by atoms with Gasteiger partial charge < -0.3 is 0 Å². The molecule has 1 aromatic heterocycles. The molecular weight excluding hydrogens is 128 g/mol. The van der Waals surface area contributed by atoms with Gasteiger partial charge >= 0.3 is 0 Å². The van der Waals surface area contributed by atoms with Gasteiger partial charge in [0.2, 0.25) is 0 Å². The summed E-state index contributed by atoms with van der Waals surface area (Å²) in [7, 11) is 0. The third-order valence-electron chi connectivity index (χ3n) is 1.40. The highest BCUT2D eigenvalue weighted by atomic mass is 16.1. The normalized spacial score (nSPS) is 9.80. The fraction of sp³-hybridized carbons (Fsp3) is 0.429. The van der Waals surface area contributed by atoms with Crippen LogP contribution >= 0.6 is 0 Å². The van der Waals surface area contributed by atoms with Gasteiger partial charge in [-0.1, -0.05) is 0 Å². The van der Waals surface area contributed by atoms with Crippen molar-refractivity contribution in [2.24, 2.45) is 0 Å². The molecule has 0 N–H and O–H groups in total. The molecule has 0 aliphatic rings. The van der Waals surface area contributed by atoms with Gasteiger partial charge in [-0.2, -0.15) is 5.10 Å². The number of hydrogen-bond acceptors (Lipinski definition) is 2. The van der Waals surface area contributed by atoms with Gasteiger partial charge in [0.25, 0.3) is 5.56 Å². The van der Waals surface area contributed by atoms with Crippen molar-refractivity contribution in [3.8, 4) is 0 Å². The Morgan fingerprint density at radius 3 is 2.90 bits per heavy atom. The molecule has 1 heterocycles. The number of nitrogens with zero attached hydrogens (tertiary/aromatic N) is 2. The predicted molar refractivity (Wildman–Crippen MR) is 38.9 cm³/mol. The van der Waals surface area contributed by atoms with Crippen molar-refractivity contribution in [1.82, 2.24) is 9.78 Å². The molecular formula is C7H10N2O. The summed E-state index contributed by atoms with van der Waals surface area (Å²) in [5.41, 5.74) is 0.752. The summed E-state index contributed by atoms with van der Waals surface area (Å²) >= 11 is 0. The summed E-state index contributed by atoms with van der Waals surface area (Å²) in [6.45, 7) is 4.32. The first-order valence-corrected chi connectivity index (χ1v) is 3.28. The summed E-state index contributed by atoms with van der Waals surface area (Å²) in [5, 5.41) is 3.86. The van der Waals surface area contributed by atoms with Crippen molar-refractivity contribution >= 4 is 0 Å². The minimum absolute atomic E-state index is 0.00463. The van der Waals surface area contributed by atoms with E-state index in [1.54, 1.807) is 19.2 Å². The van der Waals surface area contributed by atoms with Crippen molar-refractivity contribution in [2.75, 3.05) is 0 Å². The van der Waals surface area contributed by atoms with Crippen molar-refractivity contribution < 1.29 is 0 Å². The van der Waals surface area contributed by atoms with Gasteiger partial charge in [0.15, 0.2) is 0 Å². The number of rotatable bonds is 1. The standard InChI is InChI=1S/C7H10N2O/c1-3-9-7(10)6(2)4-5-8-9/h4-5H,3H2,1-2H3. The summed E-state index contributed by atoms with van der Waals surface area (Å²) in [6.07, 6.45) is 1.64. The van der Waals surface area contributed by atoms with Crippen molar-refractivity contribution in [3.63, 3.8) is 0 Å². The van der Waals surface area contributed by atoms with Crippen LogP contribution in [0.5, 0.6) is 0 Å². The first-order chi connectivity index (χ1) is 4.75. The average Bonchev–Trinajstić information content (AvgIpc) is 1.95. The van der Waals surface area contributed by atoms with E-state index in [0.717, 1.165) is 5.56 Å². The van der Waals surface area contributed by atoms with Crippen molar-refractivity contribution in [3.05, 3.63) is 28.2 Å². The zero-order valence-electron chi connectivity index (χ0n) is 6.16. The van der Waals surface area contributed by atoms with Gasteiger partial charge in [-0.25, -0.2) is 4.68 Å². The van der Waals surface area contributed by atoms with Gasteiger partial charge in [0, 0.05) is 18.3 Å². The quantitative estimate of drug-likeness (QED) is 0.568. The molecule has 0 unspecified atom stereocenters. The molecule has 3 heteroatoms. The van der Waals surface area contributed by atoms with Gasteiger partial charge in [0.1, 0.15) is 0 Å². The molecule has 54 valence electrons. The predicted octanol–water partition coefficient (Wildman–Crippen LogP) is 0.572. The largest absolute Gasteiger partial charge is 0.269 e. The second-order valence-corrected chi connectivity index (χ2v) is 2.14. The smallest absolute Gasteiger partial charge is 0.268 e. The van der Waals surface area contributed by atoms with Crippen LogP contribution in [0.4, 0.5) is 0 Å². The summed E-state index contributed by atoms with van der Waals surface area (Å²) in [5.74, 6) is 0. The van der Waals surface area contributed by atoms with Crippen LogP contribution in [-0.4, -0.2) is 9.78 Å². The van der Waals surface area contributed by atoms with E-state index in [9.17, 15) is 4.79 Å². The Balaban J connectivity index is 3.28. The molecule has 0 spiro atoms. The molecule has 10 heavy (non-hydrogen) atoms. The maximum atomic E-state index is 11.1. The second kappa shape index (κ2) is 2.64. The average molecular weight is 138 g/mol.